The van der Waals surface area contributed by atoms with E-state index >= 15 is 0 Å². The molecule has 1 aliphatic rings. The molecule has 2 rings (SSSR count). The van der Waals surface area contributed by atoms with Gasteiger partial charge < -0.3 is 10.2 Å². The molecule has 0 heterocycles. The molecule has 0 aliphatic heterocycles. The van der Waals surface area contributed by atoms with E-state index in [1.54, 1.807) is 5.56 Å². The molecule has 1 aromatic carbocycles. The van der Waals surface area contributed by atoms with Crippen molar-refractivity contribution in [2.75, 3.05) is 20.6 Å². The van der Waals surface area contributed by atoms with Gasteiger partial charge >= 0.3 is 0 Å². The number of allylic oxidation sites excluding steroid dienone is 3. The summed E-state index contributed by atoms with van der Waals surface area (Å²) in [4.78, 5) is 2.23. The van der Waals surface area contributed by atoms with Gasteiger partial charge in [-0.25, -0.2) is 0 Å². The van der Waals surface area contributed by atoms with E-state index in [1.165, 1.54) is 60.1 Å². The van der Waals surface area contributed by atoms with Crippen LogP contribution in [-0.2, 0) is 6.54 Å². The van der Waals surface area contributed by atoms with E-state index in [9.17, 15) is 0 Å². The zero-order valence-electron chi connectivity index (χ0n) is 18.5. The van der Waals surface area contributed by atoms with Crippen LogP contribution in [0.4, 0.5) is 0 Å². The van der Waals surface area contributed by atoms with Crippen molar-refractivity contribution >= 4 is 5.57 Å². The molecule has 2 heteroatoms. The molecule has 0 aromatic heterocycles. The van der Waals surface area contributed by atoms with Gasteiger partial charge in [0, 0.05) is 18.8 Å². The summed E-state index contributed by atoms with van der Waals surface area (Å²) in [5.41, 5.74) is 8.81. The molecule has 150 valence electrons. The molecule has 1 aliphatic carbocycles. The minimum Gasteiger partial charge on any atom is -0.383 e. The maximum atomic E-state index is 3.70. The third-order valence-electron chi connectivity index (χ3n) is 5.73. The Morgan fingerprint density at radius 2 is 1.93 bits per heavy atom. The zero-order chi connectivity index (χ0) is 19.8. The minimum absolute atomic E-state index is 0.773. The fourth-order valence-electron chi connectivity index (χ4n) is 4.00. The minimum atomic E-state index is 0.773. The largest absolute Gasteiger partial charge is 0.383 e. The summed E-state index contributed by atoms with van der Waals surface area (Å²) in [6.07, 6.45) is 12.3. The van der Waals surface area contributed by atoms with E-state index < -0.39 is 0 Å². The summed E-state index contributed by atoms with van der Waals surface area (Å²) in [5, 5.41) is 3.70. The Morgan fingerprint density at radius 1 is 1.19 bits per heavy atom. The topological polar surface area (TPSA) is 15.3 Å². The summed E-state index contributed by atoms with van der Waals surface area (Å²) < 4.78 is 0. The van der Waals surface area contributed by atoms with Gasteiger partial charge in [-0.05, 0) is 87.4 Å². The second-order valence-corrected chi connectivity index (χ2v) is 8.35. The van der Waals surface area contributed by atoms with Crippen LogP contribution in [0.2, 0.25) is 0 Å². The van der Waals surface area contributed by atoms with E-state index in [-0.39, 0.29) is 0 Å². The van der Waals surface area contributed by atoms with Crippen molar-refractivity contribution in [1.29, 1.82) is 0 Å². The van der Waals surface area contributed by atoms with Crippen LogP contribution in [0.3, 0.4) is 0 Å². The van der Waals surface area contributed by atoms with Gasteiger partial charge in [-0.1, -0.05) is 51.0 Å². The van der Waals surface area contributed by atoms with Gasteiger partial charge in [0.1, 0.15) is 0 Å². The number of hydrogen-bond donors (Lipinski definition) is 1. The normalized spacial score (nSPS) is 16.0. The number of rotatable bonds is 10. The van der Waals surface area contributed by atoms with Crippen molar-refractivity contribution in [3.8, 4) is 0 Å². The molecule has 0 bridgehead atoms. The Bertz CT molecular complexity index is 663. The summed E-state index contributed by atoms with van der Waals surface area (Å²) >= 11 is 0. The fraction of sp³-hybridized carbons (Fsp3) is 0.600. The highest BCUT2D eigenvalue weighted by Crippen LogP contribution is 2.41. The standard InChI is InChI=1S/C25H40N2/c1-7-9-12-19(3)25-20(4)22(15-16-24(25)21-13-10-14-21)17-26-23(11-8-2)18-27(5)6/h11-12,15-16,21,26H,7-10,13-14,17-18H2,1-6H3/b19-12?,23-11+. The van der Waals surface area contributed by atoms with Crippen LogP contribution in [0.5, 0.6) is 0 Å². The molecule has 1 aromatic rings. The molecule has 0 atom stereocenters. The molecule has 0 spiro atoms. The molecular formula is C25H40N2. The molecule has 0 unspecified atom stereocenters. The highest BCUT2D eigenvalue weighted by molar-refractivity contribution is 5.71. The third-order valence-corrected chi connectivity index (χ3v) is 5.73. The summed E-state index contributed by atoms with van der Waals surface area (Å²) in [6.45, 7) is 11.0. The lowest BCUT2D eigenvalue weighted by Gasteiger charge is -2.30. The Morgan fingerprint density at radius 3 is 2.48 bits per heavy atom. The molecule has 1 saturated carbocycles. The van der Waals surface area contributed by atoms with Gasteiger partial charge in [0.15, 0.2) is 0 Å². The predicted octanol–water partition coefficient (Wildman–Crippen LogP) is 6.41. The van der Waals surface area contributed by atoms with Crippen LogP contribution in [0.15, 0.2) is 30.0 Å². The molecule has 1 fully saturated rings. The third kappa shape index (κ3) is 5.97. The van der Waals surface area contributed by atoms with Gasteiger partial charge in [-0.15, -0.1) is 0 Å². The van der Waals surface area contributed by atoms with E-state index in [0.29, 0.717) is 0 Å². The Labute approximate surface area is 167 Å². The first kappa shape index (κ1) is 21.8. The van der Waals surface area contributed by atoms with Crippen LogP contribution in [0, 0.1) is 6.92 Å². The second-order valence-electron chi connectivity index (χ2n) is 8.35. The SMILES string of the molecule is CC/C=C(\CN(C)C)NCc1ccc(C2CCC2)c(C(C)=CCCC)c1C. The van der Waals surface area contributed by atoms with Gasteiger partial charge in [0.05, 0.1) is 0 Å². The summed E-state index contributed by atoms with van der Waals surface area (Å²) in [7, 11) is 4.26. The molecule has 27 heavy (non-hydrogen) atoms. The smallest absolute Gasteiger partial charge is 0.0401 e. The number of hydrogen-bond acceptors (Lipinski definition) is 2. The summed E-state index contributed by atoms with van der Waals surface area (Å²) in [6, 6.07) is 4.79. The summed E-state index contributed by atoms with van der Waals surface area (Å²) in [5.74, 6) is 0.773. The fourth-order valence-corrected chi connectivity index (χ4v) is 4.00. The van der Waals surface area contributed by atoms with Crippen molar-refractivity contribution < 1.29 is 0 Å². The van der Waals surface area contributed by atoms with Crippen molar-refractivity contribution in [2.24, 2.45) is 0 Å². The van der Waals surface area contributed by atoms with Crippen LogP contribution < -0.4 is 5.32 Å². The van der Waals surface area contributed by atoms with Crippen LogP contribution in [-0.4, -0.2) is 25.5 Å². The molecular weight excluding hydrogens is 328 g/mol. The Kier molecular flexibility index (Phi) is 8.63. The van der Waals surface area contributed by atoms with E-state index in [1.807, 2.05) is 0 Å². The predicted molar refractivity (Wildman–Crippen MR) is 120 cm³/mol. The van der Waals surface area contributed by atoms with Crippen molar-refractivity contribution in [2.45, 2.75) is 78.7 Å². The molecule has 0 saturated heterocycles. The number of likely N-dealkylation sites (N-methyl/N-ethyl adjacent to an activating group) is 1. The van der Waals surface area contributed by atoms with Crippen molar-refractivity contribution in [3.63, 3.8) is 0 Å². The van der Waals surface area contributed by atoms with Crippen molar-refractivity contribution in [3.05, 3.63) is 52.2 Å². The molecule has 0 radical (unpaired) electrons. The highest BCUT2D eigenvalue weighted by atomic mass is 15.1. The quantitative estimate of drug-likeness (QED) is 0.513. The lowest BCUT2D eigenvalue weighted by Crippen LogP contribution is -2.25. The zero-order valence-corrected chi connectivity index (χ0v) is 18.5. The number of unbranched alkanes of at least 4 members (excludes halogenated alkanes) is 1. The first-order valence-electron chi connectivity index (χ1n) is 10.8. The highest BCUT2D eigenvalue weighted by Gasteiger charge is 2.24. The monoisotopic (exact) mass is 368 g/mol. The van der Waals surface area contributed by atoms with Gasteiger partial charge in [0.25, 0.3) is 0 Å². The van der Waals surface area contributed by atoms with E-state index in [0.717, 1.165) is 25.4 Å². The van der Waals surface area contributed by atoms with Crippen molar-refractivity contribution in [1.82, 2.24) is 10.2 Å². The van der Waals surface area contributed by atoms with Crippen LogP contribution in [0.25, 0.3) is 5.57 Å². The number of nitrogens with one attached hydrogen (secondary N) is 1. The Balaban J connectivity index is 2.28. The maximum absolute atomic E-state index is 3.70. The van der Waals surface area contributed by atoms with Crippen LogP contribution >= 0.6 is 0 Å². The van der Waals surface area contributed by atoms with Crippen LogP contribution in [0.1, 0.15) is 87.5 Å². The lowest BCUT2D eigenvalue weighted by atomic mass is 9.75. The Hall–Kier alpha value is -1.54. The first-order valence-corrected chi connectivity index (χ1v) is 10.8. The number of benzene rings is 1. The number of nitrogens with zero attached hydrogens (tertiary/aromatic N) is 1. The van der Waals surface area contributed by atoms with E-state index in [4.69, 9.17) is 0 Å². The maximum Gasteiger partial charge on any atom is 0.0401 e. The van der Waals surface area contributed by atoms with Gasteiger partial charge in [-0.3, -0.25) is 0 Å². The molecule has 2 nitrogen and oxygen atoms in total. The average molecular weight is 369 g/mol. The second kappa shape index (κ2) is 10.7. The average Bonchev–Trinajstić information content (AvgIpc) is 2.57. The molecule has 1 N–H and O–H groups in total. The van der Waals surface area contributed by atoms with E-state index in [2.05, 4.69) is 76.3 Å². The first-order chi connectivity index (χ1) is 13.0. The van der Waals surface area contributed by atoms with Gasteiger partial charge in [0.2, 0.25) is 0 Å². The molecule has 0 amide bonds. The van der Waals surface area contributed by atoms with Gasteiger partial charge in [-0.2, -0.15) is 0 Å². The lowest BCUT2D eigenvalue weighted by molar-refractivity contribution is 0.418.